The number of H-pyrrole nitrogens is 1. The Morgan fingerprint density at radius 1 is 1.25 bits per heavy atom. The second-order valence-corrected chi connectivity index (χ2v) is 7.73. The van der Waals surface area contributed by atoms with E-state index in [1.54, 1.807) is 7.05 Å². The summed E-state index contributed by atoms with van der Waals surface area (Å²) in [6.45, 7) is 9.48. The highest BCUT2D eigenvalue weighted by Crippen LogP contribution is 2.20. The van der Waals surface area contributed by atoms with Gasteiger partial charge in [0.1, 0.15) is 0 Å². The fourth-order valence-electron chi connectivity index (χ4n) is 2.84. The Hall–Kier alpha value is -2.10. The van der Waals surface area contributed by atoms with Crippen LogP contribution in [0.3, 0.4) is 0 Å². The van der Waals surface area contributed by atoms with Crippen molar-refractivity contribution in [3.63, 3.8) is 0 Å². The van der Waals surface area contributed by atoms with Crippen LogP contribution in [0.4, 0.5) is 0 Å². The molecule has 3 rings (SSSR count). The second kappa shape index (κ2) is 9.40. The first-order valence-corrected chi connectivity index (χ1v) is 9.21. The summed E-state index contributed by atoms with van der Waals surface area (Å²) >= 11 is 0. The molecular formula is C20H29IN6O. The van der Waals surface area contributed by atoms with Gasteiger partial charge in [0.25, 0.3) is 0 Å². The number of guanidine groups is 1. The van der Waals surface area contributed by atoms with E-state index in [9.17, 15) is 0 Å². The number of halogens is 1. The van der Waals surface area contributed by atoms with Crippen LogP contribution in [-0.2, 0) is 18.4 Å². The van der Waals surface area contributed by atoms with Crippen molar-refractivity contribution in [2.45, 2.75) is 46.1 Å². The van der Waals surface area contributed by atoms with E-state index in [1.807, 2.05) is 20.8 Å². The lowest BCUT2D eigenvalue weighted by Gasteiger charge is -2.11. The van der Waals surface area contributed by atoms with Gasteiger partial charge in [0, 0.05) is 36.1 Å². The normalized spacial score (nSPS) is 12.1. The number of nitrogens with zero attached hydrogens (tertiary/aromatic N) is 3. The van der Waals surface area contributed by atoms with Crippen LogP contribution in [0.5, 0.6) is 0 Å². The molecule has 0 radical (unpaired) electrons. The van der Waals surface area contributed by atoms with E-state index >= 15 is 0 Å². The molecule has 0 bridgehead atoms. The molecule has 0 fully saturated rings. The van der Waals surface area contributed by atoms with Crippen molar-refractivity contribution < 1.29 is 4.52 Å². The fourth-order valence-corrected chi connectivity index (χ4v) is 2.84. The molecule has 0 aliphatic rings. The van der Waals surface area contributed by atoms with Crippen LogP contribution in [0.2, 0.25) is 0 Å². The summed E-state index contributed by atoms with van der Waals surface area (Å²) in [6, 6.07) is 6.49. The second-order valence-electron chi connectivity index (χ2n) is 7.73. The minimum atomic E-state index is -0.150. The first kappa shape index (κ1) is 22.2. The number of aliphatic imine (C=N–C) groups is 1. The maximum absolute atomic E-state index is 5.31. The quantitative estimate of drug-likeness (QED) is 0.285. The van der Waals surface area contributed by atoms with Gasteiger partial charge >= 0.3 is 0 Å². The highest BCUT2D eigenvalue weighted by Gasteiger charge is 2.21. The first-order valence-electron chi connectivity index (χ1n) is 9.21. The zero-order chi connectivity index (χ0) is 19.4. The van der Waals surface area contributed by atoms with Gasteiger partial charge < -0.3 is 20.1 Å². The molecule has 0 saturated carbocycles. The molecular weight excluding hydrogens is 467 g/mol. The Morgan fingerprint density at radius 3 is 2.71 bits per heavy atom. The molecule has 28 heavy (non-hydrogen) atoms. The van der Waals surface area contributed by atoms with Gasteiger partial charge in [-0.2, -0.15) is 4.98 Å². The van der Waals surface area contributed by atoms with Gasteiger partial charge in [-0.05, 0) is 30.5 Å². The predicted molar refractivity (Wildman–Crippen MR) is 123 cm³/mol. The molecule has 2 heterocycles. The number of aromatic amines is 1. The number of rotatable bonds is 5. The van der Waals surface area contributed by atoms with E-state index in [-0.39, 0.29) is 29.4 Å². The third kappa shape index (κ3) is 5.46. The van der Waals surface area contributed by atoms with E-state index in [4.69, 9.17) is 4.52 Å². The summed E-state index contributed by atoms with van der Waals surface area (Å²) in [5.74, 6) is 1.97. The van der Waals surface area contributed by atoms with Crippen molar-refractivity contribution >= 4 is 40.8 Å². The number of benzene rings is 1. The Labute approximate surface area is 182 Å². The summed E-state index contributed by atoms with van der Waals surface area (Å²) in [4.78, 5) is 12.0. The van der Waals surface area contributed by atoms with Crippen molar-refractivity contribution in [3.8, 4) is 0 Å². The topological polar surface area (TPSA) is 91.1 Å². The third-order valence-electron chi connectivity index (χ3n) is 4.36. The van der Waals surface area contributed by atoms with E-state index in [0.717, 1.165) is 13.0 Å². The number of aromatic nitrogens is 3. The average Bonchev–Trinajstić information content (AvgIpc) is 3.24. The van der Waals surface area contributed by atoms with Gasteiger partial charge in [-0.15, -0.1) is 24.0 Å². The molecule has 0 atom stereocenters. The predicted octanol–water partition coefficient (Wildman–Crippen LogP) is 3.68. The van der Waals surface area contributed by atoms with E-state index in [1.165, 1.54) is 22.0 Å². The summed E-state index contributed by atoms with van der Waals surface area (Å²) in [5, 5.41) is 11.8. The molecule has 0 amide bonds. The monoisotopic (exact) mass is 496 g/mol. The molecule has 3 aromatic rings. The van der Waals surface area contributed by atoms with Crippen LogP contribution in [0.1, 0.15) is 43.6 Å². The summed E-state index contributed by atoms with van der Waals surface area (Å²) in [7, 11) is 1.75. The molecule has 0 aliphatic carbocycles. The van der Waals surface area contributed by atoms with Crippen LogP contribution < -0.4 is 10.6 Å². The Morgan fingerprint density at radius 2 is 2.04 bits per heavy atom. The molecule has 0 unspecified atom stereocenters. The standard InChI is InChI=1S/C20H28N6O.HI/c1-13-6-7-15-14(11-23-16(15)10-13)8-9-22-19(21-5)24-12-17-25-18(27-26-17)20(2,3)4;/h6-7,10-11,23H,8-9,12H2,1-5H3,(H2,21,22,24);1H. The van der Waals surface area contributed by atoms with Gasteiger partial charge in [0.15, 0.2) is 11.8 Å². The van der Waals surface area contributed by atoms with Crippen LogP contribution >= 0.6 is 24.0 Å². The lowest BCUT2D eigenvalue weighted by molar-refractivity contribution is 0.318. The van der Waals surface area contributed by atoms with Gasteiger partial charge in [-0.3, -0.25) is 4.99 Å². The molecule has 0 spiro atoms. The molecule has 8 heteroatoms. The minimum Gasteiger partial charge on any atom is -0.361 e. The number of hydrogen-bond acceptors (Lipinski definition) is 4. The van der Waals surface area contributed by atoms with E-state index in [0.29, 0.717) is 24.2 Å². The number of hydrogen-bond donors (Lipinski definition) is 3. The number of nitrogens with one attached hydrogen (secondary N) is 3. The third-order valence-corrected chi connectivity index (χ3v) is 4.36. The fraction of sp³-hybridized carbons (Fsp3) is 0.450. The Bertz CT molecular complexity index is 938. The molecule has 2 aromatic heterocycles. The summed E-state index contributed by atoms with van der Waals surface area (Å²) < 4.78 is 5.31. The summed E-state index contributed by atoms with van der Waals surface area (Å²) in [5.41, 5.74) is 3.58. The molecule has 3 N–H and O–H groups in total. The SMILES string of the molecule is CN=C(NCCc1c[nH]c2cc(C)ccc12)NCc1noc(C(C)(C)C)n1.I. The van der Waals surface area contributed by atoms with Crippen LogP contribution in [0.25, 0.3) is 10.9 Å². The highest BCUT2D eigenvalue weighted by molar-refractivity contribution is 14.0. The van der Waals surface area contributed by atoms with Crippen LogP contribution in [0, 0.1) is 6.92 Å². The van der Waals surface area contributed by atoms with Gasteiger partial charge in [0.05, 0.1) is 6.54 Å². The Kier molecular flexibility index (Phi) is 7.45. The average molecular weight is 496 g/mol. The number of aryl methyl sites for hydroxylation is 1. The van der Waals surface area contributed by atoms with Crippen molar-refractivity contribution in [2.24, 2.45) is 4.99 Å². The molecule has 0 aliphatic heterocycles. The maximum Gasteiger partial charge on any atom is 0.232 e. The molecule has 7 nitrogen and oxygen atoms in total. The van der Waals surface area contributed by atoms with Crippen LogP contribution in [-0.4, -0.2) is 34.7 Å². The van der Waals surface area contributed by atoms with Crippen molar-refractivity contribution in [1.82, 2.24) is 25.8 Å². The van der Waals surface area contributed by atoms with E-state index in [2.05, 4.69) is 62.1 Å². The zero-order valence-corrected chi connectivity index (χ0v) is 19.4. The molecule has 0 saturated heterocycles. The largest absolute Gasteiger partial charge is 0.361 e. The first-order chi connectivity index (χ1) is 12.9. The lowest BCUT2D eigenvalue weighted by Crippen LogP contribution is -2.38. The smallest absolute Gasteiger partial charge is 0.232 e. The van der Waals surface area contributed by atoms with Gasteiger partial charge in [-0.25, -0.2) is 0 Å². The minimum absolute atomic E-state index is 0. The zero-order valence-electron chi connectivity index (χ0n) is 17.1. The van der Waals surface area contributed by atoms with Crippen molar-refractivity contribution in [2.75, 3.05) is 13.6 Å². The van der Waals surface area contributed by atoms with Gasteiger partial charge in [0.2, 0.25) is 5.89 Å². The highest BCUT2D eigenvalue weighted by atomic mass is 127. The Balaban J connectivity index is 0.00000280. The molecule has 152 valence electrons. The van der Waals surface area contributed by atoms with E-state index < -0.39 is 0 Å². The van der Waals surface area contributed by atoms with Gasteiger partial charge in [-0.1, -0.05) is 38.1 Å². The van der Waals surface area contributed by atoms with Crippen molar-refractivity contribution in [1.29, 1.82) is 0 Å². The molecule has 1 aromatic carbocycles. The van der Waals surface area contributed by atoms with Crippen molar-refractivity contribution in [3.05, 3.63) is 47.2 Å². The maximum atomic E-state index is 5.31. The van der Waals surface area contributed by atoms with Crippen LogP contribution in [0.15, 0.2) is 33.9 Å². The summed E-state index contributed by atoms with van der Waals surface area (Å²) in [6.07, 6.45) is 2.98. The number of fused-ring (bicyclic) bond motifs is 1. The lowest BCUT2D eigenvalue weighted by atomic mass is 9.97.